The molecule has 0 saturated carbocycles. The summed E-state index contributed by atoms with van der Waals surface area (Å²) in [6, 6.07) is 22.9. The van der Waals surface area contributed by atoms with E-state index >= 15 is 0 Å². The number of aliphatic hydroxyl groups is 1. The van der Waals surface area contributed by atoms with Gasteiger partial charge in [0.25, 0.3) is 5.91 Å². The molecule has 1 amide bonds. The number of carbonyl (C=O) groups is 2. The Kier molecular flexibility index (Phi) is 4.94. The summed E-state index contributed by atoms with van der Waals surface area (Å²) in [4.78, 5) is 28.2. The van der Waals surface area contributed by atoms with E-state index in [1.165, 1.54) is 4.90 Å². The van der Waals surface area contributed by atoms with Crippen LogP contribution in [0, 0.1) is 6.92 Å². The van der Waals surface area contributed by atoms with E-state index in [1.807, 2.05) is 61.5 Å². The molecule has 1 N–H and O–H groups in total. The number of carbonyl (C=O) groups excluding carboxylic acids is 2. The van der Waals surface area contributed by atoms with Crippen molar-refractivity contribution in [3.63, 3.8) is 0 Å². The van der Waals surface area contributed by atoms with Gasteiger partial charge in [-0.2, -0.15) is 0 Å². The molecule has 1 aliphatic rings. The molecule has 1 aromatic heterocycles. The summed E-state index contributed by atoms with van der Waals surface area (Å²) in [6.45, 7) is 1.94. The number of furan rings is 1. The fourth-order valence-corrected chi connectivity index (χ4v) is 4.49. The van der Waals surface area contributed by atoms with Gasteiger partial charge in [-0.15, -0.1) is 0 Å². The Hall–Kier alpha value is -3.64. The smallest absolute Gasteiger partial charge is 0.294 e. The number of fused-ring (bicyclic) bond motifs is 1. The van der Waals surface area contributed by atoms with Gasteiger partial charge < -0.3 is 9.52 Å². The highest BCUT2D eigenvalue weighted by Crippen LogP contribution is 2.42. The second kappa shape index (κ2) is 7.80. The third-order valence-corrected chi connectivity index (χ3v) is 6.04. The molecule has 2 heterocycles. The first-order chi connectivity index (χ1) is 15.4. The van der Waals surface area contributed by atoms with Crippen LogP contribution in [0.5, 0.6) is 0 Å². The number of hydrogen-bond donors (Lipinski definition) is 1. The topological polar surface area (TPSA) is 70.7 Å². The van der Waals surface area contributed by atoms with Crippen molar-refractivity contribution >= 4 is 44.3 Å². The van der Waals surface area contributed by atoms with Gasteiger partial charge in [0.2, 0.25) is 5.78 Å². The number of rotatable bonds is 4. The van der Waals surface area contributed by atoms with Crippen molar-refractivity contribution in [1.29, 1.82) is 0 Å². The van der Waals surface area contributed by atoms with Crippen molar-refractivity contribution in [3.05, 3.63) is 112 Å². The number of para-hydroxylation sites is 1. The van der Waals surface area contributed by atoms with Crippen molar-refractivity contribution in [2.45, 2.75) is 13.0 Å². The molecule has 0 radical (unpaired) electrons. The van der Waals surface area contributed by atoms with E-state index in [0.717, 1.165) is 21.0 Å². The molecule has 1 aliphatic heterocycles. The highest BCUT2D eigenvalue weighted by atomic mass is 79.9. The molecule has 158 valence electrons. The molecule has 1 atom stereocenters. The molecule has 5 rings (SSSR count). The predicted octanol–water partition coefficient (Wildman–Crippen LogP) is 6.29. The minimum Gasteiger partial charge on any atom is -0.503 e. The van der Waals surface area contributed by atoms with Gasteiger partial charge in [0.15, 0.2) is 11.5 Å². The number of benzene rings is 3. The summed E-state index contributed by atoms with van der Waals surface area (Å²) in [6.07, 6.45) is 0. The van der Waals surface area contributed by atoms with Crippen LogP contribution in [-0.4, -0.2) is 16.8 Å². The van der Waals surface area contributed by atoms with Crippen LogP contribution in [0.4, 0.5) is 5.69 Å². The maximum absolute atomic E-state index is 13.6. The molecule has 0 bridgehead atoms. The van der Waals surface area contributed by atoms with Crippen LogP contribution in [0.15, 0.2) is 99.1 Å². The quantitative estimate of drug-likeness (QED) is 0.343. The lowest BCUT2D eigenvalue weighted by atomic mass is 9.94. The molecule has 0 fully saturated rings. The summed E-state index contributed by atoms with van der Waals surface area (Å²) >= 11 is 3.42. The molecular formula is C26H18BrNO4. The standard InChI is InChI=1S/C26H18BrNO4/c1-15-6-5-7-16(12-15)23-22(25(30)26(31)28(23)19-8-3-2-4-9-19)24(29)21-14-17-13-18(27)10-11-20(17)32-21/h2-14,23,30H,1H3. The van der Waals surface area contributed by atoms with Crippen LogP contribution >= 0.6 is 15.9 Å². The van der Waals surface area contributed by atoms with Crippen LogP contribution in [0.1, 0.15) is 27.7 Å². The Morgan fingerprint density at radius 3 is 2.53 bits per heavy atom. The Morgan fingerprint density at radius 1 is 1.00 bits per heavy atom. The van der Waals surface area contributed by atoms with Gasteiger partial charge in [-0.3, -0.25) is 14.5 Å². The largest absolute Gasteiger partial charge is 0.503 e. The number of hydrogen-bond acceptors (Lipinski definition) is 4. The summed E-state index contributed by atoms with van der Waals surface area (Å²) < 4.78 is 6.64. The molecule has 1 unspecified atom stereocenters. The molecule has 3 aromatic carbocycles. The summed E-state index contributed by atoms with van der Waals surface area (Å²) in [5, 5.41) is 11.6. The first kappa shape index (κ1) is 20.3. The van der Waals surface area contributed by atoms with Crippen LogP contribution in [0.25, 0.3) is 11.0 Å². The monoisotopic (exact) mass is 487 g/mol. The first-order valence-corrected chi connectivity index (χ1v) is 10.9. The highest BCUT2D eigenvalue weighted by Gasteiger charge is 2.45. The zero-order chi connectivity index (χ0) is 22.4. The Morgan fingerprint density at radius 2 is 1.78 bits per heavy atom. The number of aliphatic hydroxyl groups excluding tert-OH is 1. The highest BCUT2D eigenvalue weighted by molar-refractivity contribution is 9.10. The third-order valence-electron chi connectivity index (χ3n) is 5.55. The molecule has 0 saturated heterocycles. The van der Waals surface area contributed by atoms with Crippen LogP contribution in [0.2, 0.25) is 0 Å². The average molecular weight is 488 g/mol. The zero-order valence-corrected chi connectivity index (χ0v) is 18.7. The van der Waals surface area contributed by atoms with Crippen molar-refractivity contribution < 1.29 is 19.1 Å². The van der Waals surface area contributed by atoms with E-state index in [0.29, 0.717) is 11.3 Å². The molecule has 0 aliphatic carbocycles. The van der Waals surface area contributed by atoms with Crippen LogP contribution < -0.4 is 4.90 Å². The minimum absolute atomic E-state index is 0.00238. The molecule has 4 aromatic rings. The molecule has 6 heteroatoms. The normalized spacial score (nSPS) is 16.2. The lowest BCUT2D eigenvalue weighted by Gasteiger charge is -2.27. The van der Waals surface area contributed by atoms with E-state index in [1.54, 1.807) is 24.3 Å². The Balaban J connectivity index is 1.67. The van der Waals surface area contributed by atoms with E-state index in [9.17, 15) is 14.7 Å². The fourth-order valence-electron chi connectivity index (χ4n) is 4.11. The summed E-state index contributed by atoms with van der Waals surface area (Å²) in [7, 11) is 0. The Labute approximate surface area is 192 Å². The summed E-state index contributed by atoms with van der Waals surface area (Å²) in [5.41, 5.74) is 2.85. The van der Waals surface area contributed by atoms with Crippen molar-refractivity contribution in [2.75, 3.05) is 4.90 Å². The minimum atomic E-state index is -0.780. The van der Waals surface area contributed by atoms with Gasteiger partial charge in [-0.05, 0) is 48.9 Å². The lowest BCUT2D eigenvalue weighted by molar-refractivity contribution is -0.117. The van der Waals surface area contributed by atoms with E-state index in [-0.39, 0.29) is 11.3 Å². The SMILES string of the molecule is Cc1cccc(C2C(C(=O)c3cc4cc(Br)ccc4o3)=C(O)C(=O)N2c2ccccc2)c1. The maximum atomic E-state index is 13.6. The van der Waals surface area contributed by atoms with Crippen LogP contribution in [-0.2, 0) is 4.79 Å². The number of halogens is 1. The number of amides is 1. The third kappa shape index (κ3) is 3.33. The zero-order valence-electron chi connectivity index (χ0n) is 17.1. The van der Waals surface area contributed by atoms with Crippen LogP contribution in [0.3, 0.4) is 0 Å². The number of anilines is 1. The molecular weight excluding hydrogens is 470 g/mol. The first-order valence-electron chi connectivity index (χ1n) is 10.1. The molecule has 0 spiro atoms. The van der Waals surface area contributed by atoms with Gasteiger partial charge in [0.1, 0.15) is 5.58 Å². The van der Waals surface area contributed by atoms with E-state index in [2.05, 4.69) is 15.9 Å². The van der Waals surface area contributed by atoms with Gasteiger partial charge in [0.05, 0.1) is 11.6 Å². The second-order valence-electron chi connectivity index (χ2n) is 7.71. The van der Waals surface area contributed by atoms with Crippen molar-refractivity contribution in [3.8, 4) is 0 Å². The number of ketones is 1. The lowest BCUT2D eigenvalue weighted by Crippen LogP contribution is -2.31. The second-order valence-corrected chi connectivity index (χ2v) is 8.63. The number of aryl methyl sites for hydroxylation is 1. The van der Waals surface area contributed by atoms with E-state index in [4.69, 9.17) is 4.42 Å². The fraction of sp³-hybridized carbons (Fsp3) is 0.0769. The molecule has 32 heavy (non-hydrogen) atoms. The van der Waals surface area contributed by atoms with Crippen molar-refractivity contribution in [1.82, 2.24) is 0 Å². The number of nitrogens with zero attached hydrogens (tertiary/aromatic N) is 1. The van der Waals surface area contributed by atoms with E-state index < -0.39 is 23.5 Å². The average Bonchev–Trinajstić information content (AvgIpc) is 3.32. The maximum Gasteiger partial charge on any atom is 0.294 e. The number of Topliss-reactive ketones (excluding diaryl/α,β-unsaturated/α-hetero) is 1. The molecule has 5 nitrogen and oxygen atoms in total. The Bertz CT molecular complexity index is 1400. The van der Waals surface area contributed by atoms with Gasteiger partial charge >= 0.3 is 0 Å². The summed E-state index contributed by atoms with van der Waals surface area (Å²) in [5.74, 6) is -1.63. The van der Waals surface area contributed by atoms with Gasteiger partial charge in [-0.1, -0.05) is 64.0 Å². The van der Waals surface area contributed by atoms with Gasteiger partial charge in [-0.25, -0.2) is 0 Å². The van der Waals surface area contributed by atoms with Gasteiger partial charge in [0, 0.05) is 15.5 Å². The predicted molar refractivity (Wildman–Crippen MR) is 126 cm³/mol. The van der Waals surface area contributed by atoms with Crippen molar-refractivity contribution in [2.24, 2.45) is 0 Å².